The highest BCUT2D eigenvalue weighted by Crippen LogP contribution is 2.47. The maximum absolute atomic E-state index is 10.8. The zero-order valence-corrected chi connectivity index (χ0v) is 9.05. The molecule has 4 nitrogen and oxygen atoms in total. The van der Waals surface area contributed by atoms with E-state index in [4.69, 9.17) is 9.88 Å². The van der Waals surface area contributed by atoms with Crippen molar-refractivity contribution in [2.24, 2.45) is 10.6 Å². The summed E-state index contributed by atoms with van der Waals surface area (Å²) in [6, 6.07) is 0. The van der Waals surface area contributed by atoms with Crippen LogP contribution in [0.5, 0.6) is 0 Å². The molecule has 2 aliphatic rings. The Kier molecular flexibility index (Phi) is 2.57. The summed E-state index contributed by atoms with van der Waals surface area (Å²) < 4.78 is 27.2. The molecule has 0 bridgehead atoms. The van der Waals surface area contributed by atoms with Gasteiger partial charge in [0.05, 0.1) is 18.5 Å². The van der Waals surface area contributed by atoms with Gasteiger partial charge in [0, 0.05) is 0 Å². The topological polar surface area (TPSA) is 69.4 Å². The number of nitrogens with two attached hydrogens (primary N) is 1. The van der Waals surface area contributed by atoms with Gasteiger partial charge in [-0.2, -0.15) is 0 Å². The third-order valence-corrected chi connectivity index (χ3v) is 4.29. The molecule has 0 aromatic heterocycles. The van der Waals surface area contributed by atoms with Crippen LogP contribution in [0, 0.1) is 5.41 Å². The molecular formula is C9H17NO3S. The van der Waals surface area contributed by atoms with Crippen LogP contribution in [-0.4, -0.2) is 26.9 Å². The summed E-state index contributed by atoms with van der Waals surface area (Å²) in [6.07, 6.45) is 5.56. The molecule has 1 saturated heterocycles. The molecule has 1 heterocycles. The lowest BCUT2D eigenvalue weighted by molar-refractivity contribution is -0.0879. The Bertz CT molecular complexity index is 298. The minimum Gasteiger partial charge on any atom is -0.377 e. The first-order valence-corrected chi connectivity index (χ1v) is 6.83. The van der Waals surface area contributed by atoms with Crippen molar-refractivity contribution in [3.63, 3.8) is 0 Å². The summed E-state index contributed by atoms with van der Waals surface area (Å²) in [6.45, 7) is 0.729. The Balaban J connectivity index is 1.84. The average molecular weight is 219 g/mol. The van der Waals surface area contributed by atoms with Crippen LogP contribution in [0.3, 0.4) is 0 Å². The number of sulfonamides is 1. The van der Waals surface area contributed by atoms with Gasteiger partial charge in [-0.1, -0.05) is 6.42 Å². The van der Waals surface area contributed by atoms with E-state index in [1.165, 1.54) is 19.3 Å². The van der Waals surface area contributed by atoms with Crippen molar-refractivity contribution in [1.82, 2.24) is 0 Å². The molecule has 2 fully saturated rings. The van der Waals surface area contributed by atoms with Gasteiger partial charge in [0.2, 0.25) is 10.0 Å². The number of ether oxygens (including phenoxy) is 1. The van der Waals surface area contributed by atoms with E-state index < -0.39 is 10.0 Å². The molecule has 1 atom stereocenters. The van der Waals surface area contributed by atoms with Gasteiger partial charge in [0.1, 0.15) is 0 Å². The van der Waals surface area contributed by atoms with Crippen molar-refractivity contribution in [2.45, 2.75) is 38.2 Å². The molecule has 2 N–H and O–H groups in total. The predicted octanol–water partition coefficient (Wildman–Crippen LogP) is 0.624. The van der Waals surface area contributed by atoms with Crippen molar-refractivity contribution in [2.75, 3.05) is 12.4 Å². The van der Waals surface area contributed by atoms with Crippen LogP contribution < -0.4 is 5.14 Å². The van der Waals surface area contributed by atoms with Crippen LogP contribution in [0.2, 0.25) is 0 Å². The van der Waals surface area contributed by atoms with E-state index in [0.717, 1.165) is 19.4 Å². The monoisotopic (exact) mass is 219 g/mol. The fourth-order valence-electron chi connectivity index (χ4n) is 2.38. The fourth-order valence-corrected chi connectivity index (χ4v) is 3.16. The van der Waals surface area contributed by atoms with Crippen molar-refractivity contribution >= 4 is 10.0 Å². The van der Waals surface area contributed by atoms with Crippen LogP contribution in [0.15, 0.2) is 0 Å². The predicted molar refractivity (Wildman–Crippen MR) is 53.2 cm³/mol. The first-order chi connectivity index (χ1) is 6.49. The minimum atomic E-state index is -3.37. The van der Waals surface area contributed by atoms with E-state index in [-0.39, 0.29) is 11.9 Å². The molecule has 1 unspecified atom stereocenters. The fraction of sp³-hybridized carbons (Fsp3) is 1.00. The van der Waals surface area contributed by atoms with E-state index >= 15 is 0 Å². The van der Waals surface area contributed by atoms with Gasteiger partial charge in [-0.25, -0.2) is 13.6 Å². The number of primary sulfonamides is 1. The largest absolute Gasteiger partial charge is 0.377 e. The number of hydrogen-bond acceptors (Lipinski definition) is 3. The molecule has 82 valence electrons. The second kappa shape index (κ2) is 3.47. The highest BCUT2D eigenvalue weighted by molar-refractivity contribution is 7.89. The van der Waals surface area contributed by atoms with E-state index in [9.17, 15) is 8.42 Å². The molecule has 2 rings (SSSR count). The van der Waals surface area contributed by atoms with Gasteiger partial charge in [-0.3, -0.25) is 0 Å². The van der Waals surface area contributed by atoms with Gasteiger partial charge in [-0.15, -0.1) is 0 Å². The van der Waals surface area contributed by atoms with Gasteiger partial charge in [0.25, 0.3) is 0 Å². The average Bonchev–Trinajstić information content (AvgIpc) is 2.00. The molecule has 0 radical (unpaired) electrons. The summed E-state index contributed by atoms with van der Waals surface area (Å²) in [5.74, 6) is -0.0247. The second-order valence-electron chi connectivity index (χ2n) is 4.65. The van der Waals surface area contributed by atoms with Gasteiger partial charge < -0.3 is 4.74 Å². The third-order valence-electron chi connectivity index (χ3n) is 3.45. The second-order valence-corrected chi connectivity index (χ2v) is 6.31. The van der Waals surface area contributed by atoms with Crippen molar-refractivity contribution in [3.8, 4) is 0 Å². The molecule has 0 aromatic carbocycles. The van der Waals surface area contributed by atoms with E-state index in [1.807, 2.05) is 0 Å². The lowest BCUT2D eigenvalue weighted by Gasteiger charge is -2.46. The molecular weight excluding hydrogens is 202 g/mol. The summed E-state index contributed by atoms with van der Waals surface area (Å²) in [7, 11) is -3.37. The molecule has 0 aromatic rings. The summed E-state index contributed by atoms with van der Waals surface area (Å²) in [5, 5.41) is 4.97. The maximum Gasteiger partial charge on any atom is 0.211 e. The van der Waals surface area contributed by atoms with E-state index in [0.29, 0.717) is 5.41 Å². The zero-order valence-electron chi connectivity index (χ0n) is 8.24. The van der Waals surface area contributed by atoms with Crippen LogP contribution in [-0.2, 0) is 14.8 Å². The Labute approximate surface area is 84.9 Å². The molecule has 5 heteroatoms. The number of rotatable bonds is 2. The van der Waals surface area contributed by atoms with Gasteiger partial charge in [0.15, 0.2) is 0 Å². The van der Waals surface area contributed by atoms with Crippen LogP contribution in [0.1, 0.15) is 32.1 Å². The Morgan fingerprint density at radius 2 is 2.07 bits per heavy atom. The molecule has 1 saturated carbocycles. The smallest absolute Gasteiger partial charge is 0.211 e. The highest BCUT2D eigenvalue weighted by Gasteiger charge is 2.41. The first kappa shape index (κ1) is 10.4. The number of hydrogen-bond donors (Lipinski definition) is 1. The molecule has 14 heavy (non-hydrogen) atoms. The SMILES string of the molecule is NS(=O)(=O)CC1CCC2(CCC2)CO1. The molecule has 1 aliphatic heterocycles. The van der Waals surface area contributed by atoms with E-state index in [2.05, 4.69) is 0 Å². The van der Waals surface area contributed by atoms with Gasteiger partial charge in [-0.05, 0) is 31.1 Å². The lowest BCUT2D eigenvalue weighted by Crippen LogP contribution is -2.43. The van der Waals surface area contributed by atoms with Crippen LogP contribution in [0.4, 0.5) is 0 Å². The normalized spacial score (nSPS) is 31.4. The Morgan fingerprint density at radius 3 is 2.43 bits per heavy atom. The first-order valence-electron chi connectivity index (χ1n) is 5.11. The maximum atomic E-state index is 10.8. The van der Waals surface area contributed by atoms with Crippen LogP contribution >= 0.6 is 0 Å². The summed E-state index contributed by atoms with van der Waals surface area (Å²) in [5.41, 5.74) is 0.398. The molecule has 1 spiro atoms. The third kappa shape index (κ3) is 2.27. The van der Waals surface area contributed by atoms with Crippen molar-refractivity contribution in [3.05, 3.63) is 0 Å². The van der Waals surface area contributed by atoms with Gasteiger partial charge >= 0.3 is 0 Å². The lowest BCUT2D eigenvalue weighted by atomic mass is 9.65. The Morgan fingerprint density at radius 1 is 1.36 bits per heavy atom. The zero-order chi connectivity index (χ0) is 10.2. The van der Waals surface area contributed by atoms with Crippen LogP contribution in [0.25, 0.3) is 0 Å². The molecule has 1 aliphatic carbocycles. The molecule has 0 amide bonds. The van der Waals surface area contributed by atoms with E-state index in [1.54, 1.807) is 0 Å². The quantitative estimate of drug-likeness (QED) is 0.740. The highest BCUT2D eigenvalue weighted by atomic mass is 32.2. The van der Waals surface area contributed by atoms with Crippen molar-refractivity contribution in [1.29, 1.82) is 0 Å². The van der Waals surface area contributed by atoms with Crippen molar-refractivity contribution < 1.29 is 13.2 Å². The standard InChI is InChI=1S/C9H17NO3S/c10-14(11,12)6-8-2-5-9(7-13-8)3-1-4-9/h8H,1-7H2,(H2,10,11,12). The minimum absolute atomic E-state index is 0.0247. The summed E-state index contributed by atoms with van der Waals surface area (Å²) >= 11 is 0. The summed E-state index contributed by atoms with van der Waals surface area (Å²) in [4.78, 5) is 0. The Hall–Kier alpha value is -0.130.